The van der Waals surface area contributed by atoms with Crippen molar-refractivity contribution in [1.82, 2.24) is 5.32 Å². The Morgan fingerprint density at radius 3 is 2.55 bits per heavy atom. The summed E-state index contributed by atoms with van der Waals surface area (Å²) in [6.45, 7) is 1.64. The minimum Gasteiger partial charge on any atom is -0.315 e. The molecule has 2 aromatic carbocycles. The Balaban J connectivity index is 1.96. The first-order chi connectivity index (χ1) is 9.59. The molecule has 2 aromatic rings. The van der Waals surface area contributed by atoms with E-state index < -0.39 is 0 Å². The first-order valence-corrected chi connectivity index (χ1v) is 7.25. The second-order valence-electron chi connectivity index (χ2n) is 5.31. The van der Waals surface area contributed by atoms with Crippen molar-refractivity contribution in [2.45, 2.75) is 11.8 Å². The predicted octanol–water partition coefficient (Wildman–Crippen LogP) is 4.22. The highest BCUT2D eigenvalue weighted by Crippen LogP contribution is 2.35. The Hall–Kier alpha value is -1.09. The van der Waals surface area contributed by atoms with Crippen LogP contribution in [0.25, 0.3) is 0 Å². The van der Waals surface area contributed by atoms with Crippen molar-refractivity contribution in [2.75, 3.05) is 13.1 Å². The van der Waals surface area contributed by atoms with Gasteiger partial charge in [0, 0.05) is 28.5 Å². The first kappa shape index (κ1) is 13.9. The van der Waals surface area contributed by atoms with Crippen LogP contribution in [0.1, 0.15) is 11.1 Å². The molecule has 0 aliphatic carbocycles. The number of hydrogen-bond acceptors (Lipinski definition) is 1. The van der Waals surface area contributed by atoms with Crippen LogP contribution in [-0.2, 0) is 11.8 Å². The average molecular weight is 310 g/mol. The van der Waals surface area contributed by atoms with Gasteiger partial charge in [0.25, 0.3) is 0 Å². The zero-order valence-corrected chi connectivity index (χ0v) is 12.3. The third-order valence-corrected chi connectivity index (χ3v) is 4.50. The van der Waals surface area contributed by atoms with Crippen LogP contribution in [-0.4, -0.2) is 13.1 Å². The van der Waals surface area contributed by atoms with Gasteiger partial charge in [-0.1, -0.05) is 35.3 Å². The Morgan fingerprint density at radius 2 is 1.90 bits per heavy atom. The third kappa shape index (κ3) is 2.56. The number of nitrogens with one attached hydrogen (secondary N) is 1. The summed E-state index contributed by atoms with van der Waals surface area (Å²) in [6, 6.07) is 12.3. The monoisotopic (exact) mass is 309 g/mol. The van der Waals surface area contributed by atoms with Gasteiger partial charge in [0.1, 0.15) is 5.82 Å². The molecule has 3 rings (SSSR count). The maximum atomic E-state index is 13.5. The van der Waals surface area contributed by atoms with E-state index in [2.05, 4.69) is 5.32 Å². The fourth-order valence-corrected chi connectivity index (χ4v) is 3.10. The molecule has 0 unspecified atom stereocenters. The normalized spacial score (nSPS) is 16.8. The van der Waals surface area contributed by atoms with Crippen LogP contribution in [0.2, 0.25) is 10.0 Å². The number of halogens is 3. The molecule has 1 saturated heterocycles. The van der Waals surface area contributed by atoms with Gasteiger partial charge in [0.2, 0.25) is 0 Å². The fraction of sp³-hybridized carbons (Fsp3) is 0.250. The van der Waals surface area contributed by atoms with Gasteiger partial charge < -0.3 is 5.32 Å². The lowest BCUT2D eigenvalue weighted by atomic mass is 9.71. The SMILES string of the molecule is Fc1cccc(C2(Cc3cc(Cl)ccc3Cl)CNC2)c1. The quantitative estimate of drug-likeness (QED) is 0.895. The van der Waals surface area contributed by atoms with E-state index in [-0.39, 0.29) is 11.2 Å². The van der Waals surface area contributed by atoms with Crippen molar-refractivity contribution in [3.63, 3.8) is 0 Å². The van der Waals surface area contributed by atoms with Crippen LogP contribution >= 0.6 is 23.2 Å². The van der Waals surface area contributed by atoms with Crippen LogP contribution in [0.3, 0.4) is 0 Å². The van der Waals surface area contributed by atoms with E-state index in [1.165, 1.54) is 6.07 Å². The van der Waals surface area contributed by atoms with E-state index in [4.69, 9.17) is 23.2 Å². The molecule has 4 heteroatoms. The second kappa shape index (κ2) is 5.36. The summed E-state index contributed by atoms with van der Waals surface area (Å²) in [5, 5.41) is 4.65. The Labute approximate surface area is 127 Å². The zero-order valence-electron chi connectivity index (χ0n) is 10.8. The third-order valence-electron chi connectivity index (χ3n) is 3.90. The lowest BCUT2D eigenvalue weighted by molar-refractivity contribution is 0.274. The van der Waals surface area contributed by atoms with E-state index >= 15 is 0 Å². The highest BCUT2D eigenvalue weighted by molar-refractivity contribution is 6.33. The largest absolute Gasteiger partial charge is 0.315 e. The van der Waals surface area contributed by atoms with Gasteiger partial charge in [-0.2, -0.15) is 0 Å². The maximum Gasteiger partial charge on any atom is 0.123 e. The summed E-state index contributed by atoms with van der Waals surface area (Å²) in [4.78, 5) is 0. The summed E-state index contributed by atoms with van der Waals surface area (Å²) in [6.07, 6.45) is 0.753. The summed E-state index contributed by atoms with van der Waals surface area (Å²) in [5.41, 5.74) is 1.91. The molecule has 0 amide bonds. The number of rotatable bonds is 3. The van der Waals surface area contributed by atoms with Crippen LogP contribution in [0.5, 0.6) is 0 Å². The zero-order chi connectivity index (χ0) is 14.2. The standard InChI is InChI=1S/C16H14Cl2FN/c17-13-4-5-15(18)11(6-13)8-16(9-20-10-16)12-2-1-3-14(19)7-12/h1-7,20H,8-10H2. The summed E-state index contributed by atoms with van der Waals surface area (Å²) in [5.74, 6) is -0.203. The molecule has 1 heterocycles. The van der Waals surface area contributed by atoms with Crippen molar-refractivity contribution < 1.29 is 4.39 Å². The Morgan fingerprint density at radius 1 is 1.10 bits per heavy atom. The second-order valence-corrected chi connectivity index (χ2v) is 6.15. The highest BCUT2D eigenvalue weighted by atomic mass is 35.5. The molecular formula is C16H14Cl2FN. The van der Waals surface area contributed by atoms with E-state index in [1.54, 1.807) is 18.2 Å². The van der Waals surface area contributed by atoms with Gasteiger partial charge in [-0.25, -0.2) is 4.39 Å². The summed E-state index contributed by atoms with van der Waals surface area (Å²) in [7, 11) is 0. The van der Waals surface area contributed by atoms with Gasteiger partial charge in [-0.3, -0.25) is 0 Å². The Kier molecular flexibility index (Phi) is 3.72. The smallest absolute Gasteiger partial charge is 0.123 e. The van der Waals surface area contributed by atoms with Crippen LogP contribution < -0.4 is 5.32 Å². The topological polar surface area (TPSA) is 12.0 Å². The molecule has 1 aliphatic rings. The minimum absolute atomic E-state index is 0.101. The van der Waals surface area contributed by atoms with E-state index in [0.29, 0.717) is 10.0 Å². The molecule has 1 nitrogen and oxygen atoms in total. The van der Waals surface area contributed by atoms with Gasteiger partial charge in [-0.15, -0.1) is 0 Å². The molecule has 20 heavy (non-hydrogen) atoms. The molecule has 0 bridgehead atoms. The van der Waals surface area contributed by atoms with E-state index in [0.717, 1.165) is 30.6 Å². The summed E-state index contributed by atoms with van der Waals surface area (Å²) >= 11 is 12.3. The van der Waals surface area contributed by atoms with Crippen LogP contribution in [0.4, 0.5) is 4.39 Å². The molecule has 0 radical (unpaired) electrons. The molecule has 0 saturated carbocycles. The van der Waals surface area contributed by atoms with Gasteiger partial charge in [0.15, 0.2) is 0 Å². The fourth-order valence-electron chi connectivity index (χ4n) is 2.72. The molecule has 1 N–H and O–H groups in total. The van der Waals surface area contributed by atoms with Crippen LogP contribution in [0, 0.1) is 5.82 Å². The lowest BCUT2D eigenvalue weighted by Gasteiger charge is -2.43. The molecular weight excluding hydrogens is 296 g/mol. The van der Waals surface area contributed by atoms with E-state index in [1.807, 2.05) is 18.2 Å². The number of benzene rings is 2. The predicted molar refractivity (Wildman–Crippen MR) is 81.1 cm³/mol. The van der Waals surface area contributed by atoms with Gasteiger partial charge >= 0.3 is 0 Å². The van der Waals surface area contributed by atoms with Crippen molar-refractivity contribution in [3.8, 4) is 0 Å². The van der Waals surface area contributed by atoms with Crippen molar-refractivity contribution in [1.29, 1.82) is 0 Å². The molecule has 104 valence electrons. The lowest BCUT2D eigenvalue weighted by Crippen LogP contribution is -2.58. The van der Waals surface area contributed by atoms with E-state index in [9.17, 15) is 4.39 Å². The first-order valence-electron chi connectivity index (χ1n) is 6.50. The number of hydrogen-bond donors (Lipinski definition) is 1. The summed E-state index contributed by atoms with van der Waals surface area (Å²) < 4.78 is 13.5. The maximum absolute atomic E-state index is 13.5. The highest BCUT2D eigenvalue weighted by Gasteiger charge is 2.39. The van der Waals surface area contributed by atoms with Crippen molar-refractivity contribution in [3.05, 3.63) is 69.5 Å². The van der Waals surface area contributed by atoms with Gasteiger partial charge in [0.05, 0.1) is 0 Å². The molecule has 0 spiro atoms. The molecule has 0 atom stereocenters. The molecule has 0 aromatic heterocycles. The molecule has 1 aliphatic heterocycles. The van der Waals surface area contributed by atoms with Gasteiger partial charge in [-0.05, 0) is 47.9 Å². The molecule has 1 fully saturated rings. The van der Waals surface area contributed by atoms with Crippen molar-refractivity contribution >= 4 is 23.2 Å². The Bertz CT molecular complexity index is 638. The van der Waals surface area contributed by atoms with Crippen molar-refractivity contribution in [2.24, 2.45) is 0 Å². The van der Waals surface area contributed by atoms with Crippen LogP contribution in [0.15, 0.2) is 42.5 Å². The average Bonchev–Trinajstić information content (AvgIpc) is 2.38. The minimum atomic E-state index is -0.203.